The van der Waals surface area contributed by atoms with E-state index in [1.54, 1.807) is 17.0 Å². The Morgan fingerprint density at radius 1 is 1.25 bits per heavy atom. The lowest BCUT2D eigenvalue weighted by Gasteiger charge is -2.23. The van der Waals surface area contributed by atoms with Gasteiger partial charge in [0.05, 0.1) is 0 Å². The van der Waals surface area contributed by atoms with Crippen molar-refractivity contribution in [2.45, 2.75) is 19.4 Å². The summed E-state index contributed by atoms with van der Waals surface area (Å²) in [5.74, 6) is 0. The number of rotatable bonds is 1. The lowest BCUT2D eigenvalue weighted by atomic mass is 10.1. The highest BCUT2D eigenvalue weighted by Crippen LogP contribution is 2.32. The van der Waals surface area contributed by atoms with Gasteiger partial charge in [0.25, 0.3) is 0 Å². The number of benzene rings is 2. The van der Waals surface area contributed by atoms with E-state index in [2.05, 4.69) is 18.3 Å². The first kappa shape index (κ1) is 13.0. The molecule has 2 aromatic carbocycles. The third kappa shape index (κ3) is 2.37. The van der Waals surface area contributed by atoms with Gasteiger partial charge in [0.2, 0.25) is 0 Å². The standard InChI is InChI=1S/C16H15ClN2O/c1-11-9-12-5-2-3-8-15(12)19(11)16(20)18-14-7-4-6-13(17)10-14/h2-8,10-11H,9H2,1H3,(H,18,20)/t11-/m1/s1. The van der Waals surface area contributed by atoms with E-state index in [-0.39, 0.29) is 12.1 Å². The minimum absolute atomic E-state index is 0.121. The van der Waals surface area contributed by atoms with Crippen molar-refractivity contribution >= 4 is 29.0 Å². The Hall–Kier alpha value is -2.00. The molecule has 0 spiro atoms. The van der Waals surface area contributed by atoms with E-state index >= 15 is 0 Å². The van der Waals surface area contributed by atoms with Crippen LogP contribution in [0.3, 0.4) is 0 Å². The molecule has 1 atom stereocenters. The van der Waals surface area contributed by atoms with E-state index < -0.39 is 0 Å². The van der Waals surface area contributed by atoms with Crippen LogP contribution in [0, 0.1) is 0 Å². The molecular formula is C16H15ClN2O. The number of nitrogens with one attached hydrogen (secondary N) is 1. The molecule has 2 aromatic rings. The Labute approximate surface area is 123 Å². The highest BCUT2D eigenvalue weighted by Gasteiger charge is 2.30. The molecule has 0 saturated heterocycles. The fourth-order valence-corrected chi connectivity index (χ4v) is 2.82. The van der Waals surface area contributed by atoms with Gasteiger partial charge in [-0.2, -0.15) is 0 Å². The Morgan fingerprint density at radius 3 is 2.85 bits per heavy atom. The summed E-state index contributed by atoms with van der Waals surface area (Å²) in [6, 6.07) is 15.2. The van der Waals surface area contributed by atoms with Gasteiger partial charge in [-0.15, -0.1) is 0 Å². The number of urea groups is 1. The molecule has 2 amide bonds. The first-order chi connectivity index (χ1) is 9.65. The molecule has 0 radical (unpaired) electrons. The second-order valence-electron chi connectivity index (χ2n) is 4.99. The van der Waals surface area contributed by atoms with Crippen molar-refractivity contribution in [2.24, 2.45) is 0 Å². The summed E-state index contributed by atoms with van der Waals surface area (Å²) >= 11 is 5.93. The van der Waals surface area contributed by atoms with Crippen molar-refractivity contribution in [1.29, 1.82) is 0 Å². The molecule has 1 aliphatic rings. The zero-order valence-electron chi connectivity index (χ0n) is 11.1. The van der Waals surface area contributed by atoms with Gasteiger partial charge in [-0.05, 0) is 43.2 Å². The highest BCUT2D eigenvalue weighted by molar-refractivity contribution is 6.30. The predicted molar refractivity (Wildman–Crippen MR) is 82.6 cm³/mol. The molecule has 1 N–H and O–H groups in total. The number of fused-ring (bicyclic) bond motifs is 1. The van der Waals surface area contributed by atoms with Crippen LogP contribution in [-0.4, -0.2) is 12.1 Å². The van der Waals surface area contributed by atoms with Crippen LogP contribution in [0.5, 0.6) is 0 Å². The van der Waals surface area contributed by atoms with Crippen molar-refractivity contribution in [3.63, 3.8) is 0 Å². The number of para-hydroxylation sites is 1. The Morgan fingerprint density at radius 2 is 2.05 bits per heavy atom. The van der Waals surface area contributed by atoms with Crippen molar-refractivity contribution < 1.29 is 4.79 Å². The number of hydrogen-bond donors (Lipinski definition) is 1. The fourth-order valence-electron chi connectivity index (χ4n) is 2.62. The van der Waals surface area contributed by atoms with Crippen molar-refractivity contribution in [3.05, 3.63) is 59.1 Å². The van der Waals surface area contributed by atoms with E-state index in [0.29, 0.717) is 10.7 Å². The largest absolute Gasteiger partial charge is 0.326 e. The molecule has 0 bridgehead atoms. The van der Waals surface area contributed by atoms with Crippen molar-refractivity contribution in [1.82, 2.24) is 0 Å². The summed E-state index contributed by atoms with van der Waals surface area (Å²) in [5, 5.41) is 3.51. The third-order valence-electron chi connectivity index (χ3n) is 3.50. The van der Waals surface area contributed by atoms with Gasteiger partial charge in [0.15, 0.2) is 0 Å². The van der Waals surface area contributed by atoms with Gasteiger partial charge in [-0.25, -0.2) is 4.79 Å². The summed E-state index contributed by atoms with van der Waals surface area (Å²) in [6.07, 6.45) is 0.888. The molecule has 20 heavy (non-hydrogen) atoms. The van der Waals surface area contributed by atoms with Crippen molar-refractivity contribution in [3.8, 4) is 0 Å². The number of hydrogen-bond acceptors (Lipinski definition) is 1. The second-order valence-corrected chi connectivity index (χ2v) is 5.43. The van der Waals surface area contributed by atoms with Crippen LogP contribution in [0.15, 0.2) is 48.5 Å². The van der Waals surface area contributed by atoms with E-state index in [9.17, 15) is 4.79 Å². The van der Waals surface area contributed by atoms with E-state index in [1.165, 1.54) is 5.56 Å². The number of halogens is 1. The number of nitrogens with zero attached hydrogens (tertiary/aromatic N) is 1. The maximum absolute atomic E-state index is 12.5. The monoisotopic (exact) mass is 286 g/mol. The lowest BCUT2D eigenvalue weighted by molar-refractivity contribution is 0.256. The predicted octanol–water partition coefficient (Wildman–Crippen LogP) is 4.32. The molecular weight excluding hydrogens is 272 g/mol. The molecule has 3 rings (SSSR count). The molecule has 4 heteroatoms. The zero-order valence-corrected chi connectivity index (χ0v) is 11.9. The van der Waals surface area contributed by atoms with Gasteiger partial charge in [0, 0.05) is 22.4 Å². The van der Waals surface area contributed by atoms with Crippen LogP contribution in [0.4, 0.5) is 16.2 Å². The number of amides is 2. The van der Waals surface area contributed by atoms with Gasteiger partial charge < -0.3 is 5.32 Å². The topological polar surface area (TPSA) is 32.3 Å². The van der Waals surface area contributed by atoms with E-state index in [4.69, 9.17) is 11.6 Å². The average molecular weight is 287 g/mol. The normalized spacial score (nSPS) is 16.9. The third-order valence-corrected chi connectivity index (χ3v) is 3.74. The summed E-state index contributed by atoms with van der Waals surface area (Å²) in [5.41, 5.74) is 2.90. The first-order valence-electron chi connectivity index (χ1n) is 6.59. The molecule has 0 aliphatic carbocycles. The molecule has 1 aliphatic heterocycles. The van der Waals surface area contributed by atoms with Gasteiger partial charge in [0.1, 0.15) is 0 Å². The lowest BCUT2D eigenvalue weighted by Crippen LogP contribution is -2.39. The van der Waals surface area contributed by atoms with E-state index in [1.807, 2.05) is 30.3 Å². The Bertz CT molecular complexity index is 656. The number of anilines is 2. The molecule has 102 valence electrons. The zero-order chi connectivity index (χ0) is 14.1. The van der Waals surface area contributed by atoms with Crippen LogP contribution >= 0.6 is 11.6 Å². The molecule has 0 aromatic heterocycles. The van der Waals surface area contributed by atoms with Crippen molar-refractivity contribution in [2.75, 3.05) is 10.2 Å². The van der Waals surface area contributed by atoms with Crippen LogP contribution < -0.4 is 10.2 Å². The molecule has 0 saturated carbocycles. The molecule has 0 fully saturated rings. The molecule has 1 heterocycles. The number of carbonyl (C=O) groups is 1. The van der Waals surface area contributed by atoms with Gasteiger partial charge in [-0.3, -0.25) is 4.90 Å². The Balaban J connectivity index is 1.84. The van der Waals surface area contributed by atoms with Crippen LogP contribution in [-0.2, 0) is 6.42 Å². The minimum atomic E-state index is -0.121. The quantitative estimate of drug-likeness (QED) is 0.832. The first-order valence-corrected chi connectivity index (χ1v) is 6.96. The fraction of sp³-hybridized carbons (Fsp3) is 0.188. The van der Waals surface area contributed by atoms with E-state index in [0.717, 1.165) is 12.1 Å². The Kier molecular flexibility index (Phi) is 3.36. The smallest absolute Gasteiger partial charge is 0.307 e. The SMILES string of the molecule is C[C@@H]1Cc2ccccc2N1C(=O)Nc1cccc(Cl)c1. The minimum Gasteiger partial charge on any atom is -0.307 e. The second kappa shape index (κ2) is 5.17. The van der Waals surface area contributed by atoms with Crippen LogP contribution in [0.25, 0.3) is 0 Å². The van der Waals surface area contributed by atoms with Crippen LogP contribution in [0.2, 0.25) is 5.02 Å². The maximum Gasteiger partial charge on any atom is 0.326 e. The van der Waals surface area contributed by atoms with Gasteiger partial charge >= 0.3 is 6.03 Å². The molecule has 0 unspecified atom stereocenters. The highest BCUT2D eigenvalue weighted by atomic mass is 35.5. The van der Waals surface area contributed by atoms with Gasteiger partial charge in [-0.1, -0.05) is 35.9 Å². The summed E-state index contributed by atoms with van der Waals surface area (Å²) < 4.78 is 0. The maximum atomic E-state index is 12.5. The average Bonchev–Trinajstić information content (AvgIpc) is 2.74. The van der Waals surface area contributed by atoms with Crippen LogP contribution in [0.1, 0.15) is 12.5 Å². The summed E-state index contributed by atoms with van der Waals surface area (Å²) in [7, 11) is 0. The summed E-state index contributed by atoms with van der Waals surface area (Å²) in [4.78, 5) is 14.3. The summed E-state index contributed by atoms with van der Waals surface area (Å²) in [6.45, 7) is 2.05. The number of carbonyl (C=O) groups excluding carboxylic acids is 1. The molecule has 3 nitrogen and oxygen atoms in total.